The lowest BCUT2D eigenvalue weighted by molar-refractivity contribution is 0.0697. The Hall–Kier alpha value is -2.78. The van der Waals surface area contributed by atoms with Crippen molar-refractivity contribution in [1.82, 2.24) is 0 Å². The van der Waals surface area contributed by atoms with E-state index in [4.69, 9.17) is 21.4 Å². The number of para-hydroxylation sites is 1. The van der Waals surface area contributed by atoms with E-state index in [1.54, 1.807) is 12.1 Å². The summed E-state index contributed by atoms with van der Waals surface area (Å²) in [5, 5.41) is 9.29. The molecule has 120 valence electrons. The first-order valence-corrected chi connectivity index (χ1v) is 7.82. The number of carbonyl (C=O) groups is 1. The molecular weight excluding hydrogens is 324 g/mol. The van der Waals surface area contributed by atoms with Crippen LogP contribution in [-0.4, -0.2) is 11.1 Å². The van der Waals surface area contributed by atoms with Gasteiger partial charge in [0.05, 0.1) is 10.6 Å². The lowest BCUT2D eigenvalue weighted by Crippen LogP contribution is -1.99. The van der Waals surface area contributed by atoms with Crippen LogP contribution in [0.1, 0.15) is 15.9 Å². The van der Waals surface area contributed by atoms with E-state index in [0.717, 1.165) is 22.4 Å². The summed E-state index contributed by atoms with van der Waals surface area (Å²) in [5.41, 5.74) is 2.84. The molecule has 0 spiro atoms. The summed E-state index contributed by atoms with van der Waals surface area (Å²) in [6.45, 7) is 0.457. The van der Waals surface area contributed by atoms with Crippen molar-refractivity contribution >= 4 is 17.6 Å². The molecule has 3 rings (SSSR count). The number of carboxylic acids is 1. The summed E-state index contributed by atoms with van der Waals surface area (Å²) in [6, 6.07) is 22.4. The molecule has 0 aliphatic carbocycles. The Morgan fingerprint density at radius 3 is 2.38 bits per heavy atom. The molecule has 3 nitrogen and oxygen atoms in total. The van der Waals surface area contributed by atoms with E-state index in [-0.39, 0.29) is 10.6 Å². The molecule has 1 N–H and O–H groups in total. The Kier molecular flexibility index (Phi) is 4.82. The quantitative estimate of drug-likeness (QED) is 0.688. The predicted octanol–water partition coefficient (Wildman–Crippen LogP) is 5.28. The average molecular weight is 339 g/mol. The Morgan fingerprint density at radius 2 is 1.67 bits per heavy atom. The van der Waals surface area contributed by atoms with Gasteiger partial charge in [0.15, 0.2) is 0 Å². The third-order valence-corrected chi connectivity index (χ3v) is 3.95. The van der Waals surface area contributed by atoms with Gasteiger partial charge in [-0.3, -0.25) is 0 Å². The van der Waals surface area contributed by atoms with Crippen LogP contribution in [0.3, 0.4) is 0 Å². The van der Waals surface area contributed by atoms with Crippen molar-refractivity contribution in [2.24, 2.45) is 0 Å². The molecule has 0 heterocycles. The third kappa shape index (κ3) is 3.58. The minimum atomic E-state index is -1.04. The number of carboxylic acid groups (broad SMARTS) is 1. The van der Waals surface area contributed by atoms with Crippen LogP contribution in [0.15, 0.2) is 72.8 Å². The normalized spacial score (nSPS) is 10.4. The van der Waals surface area contributed by atoms with Gasteiger partial charge in [-0.05, 0) is 29.3 Å². The van der Waals surface area contributed by atoms with Crippen molar-refractivity contribution in [3.05, 3.63) is 88.9 Å². The third-order valence-electron chi connectivity index (χ3n) is 3.63. The van der Waals surface area contributed by atoms with Gasteiger partial charge >= 0.3 is 5.97 Å². The molecule has 0 fully saturated rings. The van der Waals surface area contributed by atoms with E-state index < -0.39 is 5.97 Å². The molecule has 0 amide bonds. The zero-order valence-electron chi connectivity index (χ0n) is 12.8. The highest BCUT2D eigenvalue weighted by atomic mass is 35.5. The van der Waals surface area contributed by atoms with Gasteiger partial charge in [-0.1, -0.05) is 66.2 Å². The second-order valence-corrected chi connectivity index (χ2v) is 5.68. The molecule has 3 aromatic carbocycles. The highest BCUT2D eigenvalue weighted by molar-refractivity contribution is 6.33. The summed E-state index contributed by atoms with van der Waals surface area (Å²) in [4.78, 5) is 11.1. The molecule has 0 aliphatic heterocycles. The monoisotopic (exact) mass is 338 g/mol. The van der Waals surface area contributed by atoms with E-state index in [1.165, 1.54) is 6.07 Å². The fourth-order valence-corrected chi connectivity index (χ4v) is 2.68. The van der Waals surface area contributed by atoms with Gasteiger partial charge in [0.2, 0.25) is 0 Å². The minimum absolute atomic E-state index is 0.0862. The van der Waals surface area contributed by atoms with E-state index in [1.807, 2.05) is 54.6 Å². The van der Waals surface area contributed by atoms with Crippen molar-refractivity contribution < 1.29 is 14.6 Å². The zero-order valence-corrected chi connectivity index (χ0v) is 13.5. The molecule has 0 atom stereocenters. The lowest BCUT2D eigenvalue weighted by Gasteiger charge is -2.12. The maximum absolute atomic E-state index is 11.1. The smallest absolute Gasteiger partial charge is 0.337 e. The van der Waals surface area contributed by atoms with Crippen LogP contribution < -0.4 is 4.74 Å². The largest absolute Gasteiger partial charge is 0.488 e. The molecule has 0 saturated carbocycles. The van der Waals surface area contributed by atoms with Gasteiger partial charge in [0, 0.05) is 5.56 Å². The Bertz CT molecular complexity index is 860. The number of aromatic carboxylic acids is 1. The molecular formula is C20H15ClO3. The van der Waals surface area contributed by atoms with E-state index >= 15 is 0 Å². The van der Waals surface area contributed by atoms with Crippen LogP contribution in [-0.2, 0) is 6.61 Å². The standard InChI is InChI=1S/C20H15ClO3/c21-18-12-15(10-11-17(18)20(22)23)16-8-4-5-9-19(16)24-13-14-6-2-1-3-7-14/h1-12H,13H2,(H,22,23). The Balaban J connectivity index is 1.89. The molecule has 24 heavy (non-hydrogen) atoms. The average Bonchev–Trinajstić information content (AvgIpc) is 2.60. The molecule has 0 saturated heterocycles. The second-order valence-electron chi connectivity index (χ2n) is 5.27. The van der Waals surface area contributed by atoms with Crippen molar-refractivity contribution in [2.75, 3.05) is 0 Å². The lowest BCUT2D eigenvalue weighted by atomic mass is 10.0. The first-order chi connectivity index (χ1) is 11.6. The van der Waals surface area contributed by atoms with Crippen molar-refractivity contribution in [1.29, 1.82) is 0 Å². The number of benzene rings is 3. The molecule has 0 unspecified atom stereocenters. The highest BCUT2D eigenvalue weighted by Gasteiger charge is 2.12. The zero-order chi connectivity index (χ0) is 16.9. The second kappa shape index (κ2) is 7.20. The van der Waals surface area contributed by atoms with E-state index in [2.05, 4.69) is 0 Å². The summed E-state index contributed by atoms with van der Waals surface area (Å²) < 4.78 is 5.94. The van der Waals surface area contributed by atoms with Crippen LogP contribution >= 0.6 is 11.6 Å². The van der Waals surface area contributed by atoms with Crippen molar-refractivity contribution in [2.45, 2.75) is 6.61 Å². The van der Waals surface area contributed by atoms with Crippen molar-refractivity contribution in [3.8, 4) is 16.9 Å². The van der Waals surface area contributed by atoms with Crippen molar-refractivity contribution in [3.63, 3.8) is 0 Å². The summed E-state index contributed by atoms with van der Waals surface area (Å²) in [5.74, 6) is -0.319. The molecule has 0 radical (unpaired) electrons. The number of ether oxygens (including phenoxy) is 1. The van der Waals surface area contributed by atoms with E-state index in [0.29, 0.717) is 6.61 Å². The van der Waals surface area contributed by atoms with Crippen LogP contribution in [0.4, 0.5) is 0 Å². The number of hydrogen-bond acceptors (Lipinski definition) is 2. The molecule has 3 aromatic rings. The fourth-order valence-electron chi connectivity index (χ4n) is 2.42. The van der Waals surface area contributed by atoms with Crippen LogP contribution in [0.2, 0.25) is 5.02 Å². The van der Waals surface area contributed by atoms with Gasteiger partial charge < -0.3 is 9.84 Å². The van der Waals surface area contributed by atoms with Gasteiger partial charge in [0.1, 0.15) is 12.4 Å². The van der Waals surface area contributed by atoms with E-state index in [9.17, 15) is 4.79 Å². The Labute approximate surface area is 145 Å². The maximum atomic E-state index is 11.1. The molecule has 0 aliphatic rings. The van der Waals surface area contributed by atoms with Gasteiger partial charge in [-0.2, -0.15) is 0 Å². The topological polar surface area (TPSA) is 46.5 Å². The summed E-state index contributed by atoms with van der Waals surface area (Å²) in [6.07, 6.45) is 0. The predicted molar refractivity (Wildman–Crippen MR) is 94.6 cm³/mol. The summed E-state index contributed by atoms with van der Waals surface area (Å²) in [7, 11) is 0. The first-order valence-electron chi connectivity index (χ1n) is 7.44. The van der Waals surface area contributed by atoms with Gasteiger partial charge in [0.25, 0.3) is 0 Å². The molecule has 4 heteroatoms. The number of hydrogen-bond donors (Lipinski definition) is 1. The fraction of sp³-hybridized carbons (Fsp3) is 0.0500. The number of rotatable bonds is 5. The van der Waals surface area contributed by atoms with Gasteiger partial charge in [-0.25, -0.2) is 4.79 Å². The maximum Gasteiger partial charge on any atom is 0.337 e. The Morgan fingerprint density at radius 1 is 0.958 bits per heavy atom. The SMILES string of the molecule is O=C(O)c1ccc(-c2ccccc2OCc2ccccc2)cc1Cl. The van der Waals surface area contributed by atoms with Crippen LogP contribution in [0, 0.1) is 0 Å². The van der Waals surface area contributed by atoms with Crippen LogP contribution in [0.25, 0.3) is 11.1 Å². The number of halogens is 1. The van der Waals surface area contributed by atoms with Crippen LogP contribution in [0.5, 0.6) is 5.75 Å². The first kappa shape index (κ1) is 16.1. The molecule has 0 aromatic heterocycles. The molecule has 0 bridgehead atoms. The van der Waals surface area contributed by atoms with Gasteiger partial charge in [-0.15, -0.1) is 0 Å². The highest BCUT2D eigenvalue weighted by Crippen LogP contribution is 2.33. The minimum Gasteiger partial charge on any atom is -0.488 e. The summed E-state index contributed by atoms with van der Waals surface area (Å²) >= 11 is 6.08.